The zero-order chi connectivity index (χ0) is 11.9. The summed E-state index contributed by atoms with van der Waals surface area (Å²) in [5.41, 5.74) is 4.12. The molecule has 1 heterocycles. The number of benzene rings is 1. The lowest BCUT2D eigenvalue weighted by molar-refractivity contribution is 0.796. The van der Waals surface area contributed by atoms with E-state index in [1.165, 1.54) is 21.3 Å². The molecule has 0 fully saturated rings. The molecule has 1 nitrogen and oxygen atoms in total. The molecule has 86 valence electrons. The first kappa shape index (κ1) is 11.6. The summed E-state index contributed by atoms with van der Waals surface area (Å²) in [6.07, 6.45) is 0. The van der Waals surface area contributed by atoms with Gasteiger partial charge < -0.3 is 0 Å². The molecule has 2 heteroatoms. The van der Waals surface area contributed by atoms with E-state index in [0.717, 1.165) is 5.01 Å². The Kier molecular flexibility index (Phi) is 3.02. The third kappa shape index (κ3) is 1.86. The van der Waals surface area contributed by atoms with Gasteiger partial charge >= 0.3 is 0 Å². The number of fused-ring (bicyclic) bond motifs is 1. The molecular formula is C14H19NS. The van der Waals surface area contributed by atoms with Gasteiger partial charge in [-0.3, -0.25) is 0 Å². The maximum absolute atomic E-state index is 4.70. The molecule has 0 aliphatic rings. The number of aryl methyl sites for hydroxylation is 1. The smallest absolute Gasteiger partial charge is 0.0907 e. The second-order valence-electron chi connectivity index (χ2n) is 4.96. The Balaban J connectivity index is 2.78. The van der Waals surface area contributed by atoms with Crippen LogP contribution in [0.3, 0.4) is 0 Å². The minimum atomic E-state index is 0.544. The van der Waals surface area contributed by atoms with Crippen LogP contribution in [0.2, 0.25) is 0 Å². The number of hydrogen-bond donors (Lipinski definition) is 0. The summed E-state index contributed by atoms with van der Waals surface area (Å²) >= 11 is 1.79. The number of nitrogens with zero attached hydrogens (tertiary/aromatic N) is 1. The SMILES string of the molecule is Cc1nc2c(C(C)C)c(C(C)C)ccc2s1. The average Bonchev–Trinajstić information content (AvgIpc) is 2.55. The van der Waals surface area contributed by atoms with Crippen LogP contribution in [0.4, 0.5) is 0 Å². The molecule has 0 radical (unpaired) electrons. The van der Waals surface area contributed by atoms with Crippen LogP contribution in [0.15, 0.2) is 12.1 Å². The molecule has 0 saturated heterocycles. The fraction of sp³-hybridized carbons (Fsp3) is 0.500. The molecule has 0 N–H and O–H groups in total. The van der Waals surface area contributed by atoms with Crippen LogP contribution in [0.25, 0.3) is 10.2 Å². The van der Waals surface area contributed by atoms with Crippen LogP contribution in [0.1, 0.15) is 55.7 Å². The largest absolute Gasteiger partial charge is 0.241 e. The average molecular weight is 233 g/mol. The summed E-state index contributed by atoms with van der Waals surface area (Å²) in [6.45, 7) is 11.1. The molecule has 0 bridgehead atoms. The summed E-state index contributed by atoms with van der Waals surface area (Å²) < 4.78 is 1.32. The first-order valence-corrected chi connectivity index (χ1v) is 6.72. The molecule has 2 aromatic rings. The van der Waals surface area contributed by atoms with Crippen molar-refractivity contribution < 1.29 is 0 Å². The topological polar surface area (TPSA) is 12.9 Å². The maximum Gasteiger partial charge on any atom is 0.0907 e. The highest BCUT2D eigenvalue weighted by atomic mass is 32.1. The standard InChI is InChI=1S/C14H19NS/c1-8(2)11-6-7-12-14(13(11)9(3)4)15-10(5)16-12/h6-9H,1-5H3. The van der Waals surface area contributed by atoms with E-state index >= 15 is 0 Å². The lowest BCUT2D eigenvalue weighted by Crippen LogP contribution is -1.99. The third-order valence-corrected chi connectivity index (χ3v) is 3.88. The van der Waals surface area contributed by atoms with Gasteiger partial charge in [0.2, 0.25) is 0 Å². The van der Waals surface area contributed by atoms with E-state index in [0.29, 0.717) is 11.8 Å². The van der Waals surface area contributed by atoms with Crippen molar-refractivity contribution in [3.8, 4) is 0 Å². The Hall–Kier alpha value is -0.890. The number of aromatic nitrogens is 1. The van der Waals surface area contributed by atoms with E-state index in [1.807, 2.05) is 0 Å². The second kappa shape index (κ2) is 4.17. The number of rotatable bonds is 2. The fourth-order valence-corrected chi connectivity index (χ4v) is 3.09. The van der Waals surface area contributed by atoms with E-state index in [1.54, 1.807) is 11.3 Å². The molecule has 0 aliphatic carbocycles. The van der Waals surface area contributed by atoms with Gasteiger partial charge in [0.15, 0.2) is 0 Å². The fourth-order valence-electron chi connectivity index (χ4n) is 2.25. The summed E-state index contributed by atoms with van der Waals surface area (Å²) in [4.78, 5) is 4.70. The zero-order valence-corrected chi connectivity index (χ0v) is 11.5. The maximum atomic E-state index is 4.70. The molecule has 0 amide bonds. The molecule has 0 unspecified atom stereocenters. The van der Waals surface area contributed by atoms with E-state index in [9.17, 15) is 0 Å². The van der Waals surface area contributed by atoms with Crippen molar-refractivity contribution in [3.63, 3.8) is 0 Å². The molecule has 16 heavy (non-hydrogen) atoms. The van der Waals surface area contributed by atoms with Gasteiger partial charge in [0.05, 0.1) is 15.2 Å². The normalized spacial score (nSPS) is 11.9. The van der Waals surface area contributed by atoms with Gasteiger partial charge in [-0.05, 0) is 36.0 Å². The highest BCUT2D eigenvalue weighted by molar-refractivity contribution is 7.18. The number of thiazole rings is 1. The van der Waals surface area contributed by atoms with E-state index < -0.39 is 0 Å². The Morgan fingerprint density at radius 1 is 1.06 bits per heavy atom. The van der Waals surface area contributed by atoms with Gasteiger partial charge in [-0.2, -0.15) is 0 Å². The summed E-state index contributed by atoms with van der Waals surface area (Å²) in [5, 5.41) is 1.16. The van der Waals surface area contributed by atoms with Crippen molar-refractivity contribution in [2.24, 2.45) is 0 Å². The van der Waals surface area contributed by atoms with Crippen LogP contribution in [-0.2, 0) is 0 Å². The van der Waals surface area contributed by atoms with Gasteiger partial charge in [0, 0.05) is 0 Å². The predicted octanol–water partition coefficient (Wildman–Crippen LogP) is 4.85. The molecule has 0 aliphatic heterocycles. The van der Waals surface area contributed by atoms with Crippen LogP contribution in [0, 0.1) is 6.92 Å². The minimum Gasteiger partial charge on any atom is -0.241 e. The first-order chi connectivity index (χ1) is 7.50. The van der Waals surface area contributed by atoms with Crippen molar-refractivity contribution in [1.82, 2.24) is 4.98 Å². The van der Waals surface area contributed by atoms with E-state index in [-0.39, 0.29) is 0 Å². The number of hydrogen-bond acceptors (Lipinski definition) is 2. The van der Waals surface area contributed by atoms with Crippen molar-refractivity contribution in [3.05, 3.63) is 28.3 Å². The minimum absolute atomic E-state index is 0.544. The molecular weight excluding hydrogens is 214 g/mol. The molecule has 0 atom stereocenters. The van der Waals surface area contributed by atoms with Crippen molar-refractivity contribution in [2.45, 2.75) is 46.5 Å². The molecule has 0 saturated carbocycles. The second-order valence-corrected chi connectivity index (χ2v) is 6.19. The molecule has 2 rings (SSSR count). The van der Waals surface area contributed by atoms with E-state index in [4.69, 9.17) is 4.98 Å². The van der Waals surface area contributed by atoms with Crippen LogP contribution >= 0.6 is 11.3 Å². The summed E-state index contributed by atoms with van der Waals surface area (Å²) in [5.74, 6) is 1.12. The van der Waals surface area contributed by atoms with Gasteiger partial charge in [-0.25, -0.2) is 4.98 Å². The zero-order valence-electron chi connectivity index (χ0n) is 10.7. The lowest BCUT2D eigenvalue weighted by atomic mass is 9.90. The highest BCUT2D eigenvalue weighted by Gasteiger charge is 2.15. The van der Waals surface area contributed by atoms with Crippen molar-refractivity contribution >= 4 is 21.6 Å². The Morgan fingerprint density at radius 2 is 1.75 bits per heavy atom. The first-order valence-electron chi connectivity index (χ1n) is 5.90. The molecule has 0 spiro atoms. The monoisotopic (exact) mass is 233 g/mol. The molecule has 1 aromatic heterocycles. The predicted molar refractivity (Wildman–Crippen MR) is 72.5 cm³/mol. The van der Waals surface area contributed by atoms with Crippen LogP contribution < -0.4 is 0 Å². The highest BCUT2D eigenvalue weighted by Crippen LogP contribution is 2.34. The van der Waals surface area contributed by atoms with Crippen LogP contribution in [0.5, 0.6) is 0 Å². The van der Waals surface area contributed by atoms with Crippen molar-refractivity contribution in [2.75, 3.05) is 0 Å². The van der Waals surface area contributed by atoms with Crippen molar-refractivity contribution in [1.29, 1.82) is 0 Å². The Morgan fingerprint density at radius 3 is 2.31 bits per heavy atom. The molecule has 1 aromatic carbocycles. The van der Waals surface area contributed by atoms with Gasteiger partial charge in [-0.1, -0.05) is 33.8 Å². The summed E-state index contributed by atoms with van der Waals surface area (Å²) in [7, 11) is 0. The van der Waals surface area contributed by atoms with E-state index in [2.05, 4.69) is 46.8 Å². The quantitative estimate of drug-likeness (QED) is 0.722. The van der Waals surface area contributed by atoms with Gasteiger partial charge in [0.1, 0.15) is 0 Å². The third-order valence-electron chi connectivity index (χ3n) is 2.94. The Bertz CT molecular complexity index is 509. The van der Waals surface area contributed by atoms with Gasteiger partial charge in [-0.15, -0.1) is 11.3 Å². The van der Waals surface area contributed by atoms with Gasteiger partial charge in [0.25, 0.3) is 0 Å². The lowest BCUT2D eigenvalue weighted by Gasteiger charge is -2.16. The van der Waals surface area contributed by atoms with Crippen LogP contribution in [-0.4, -0.2) is 4.98 Å². The summed E-state index contributed by atoms with van der Waals surface area (Å²) in [6, 6.07) is 4.50. The Labute approximate surface area is 102 Å².